The number of aromatic amines is 1. The molecule has 0 aliphatic rings. The maximum Gasteiger partial charge on any atom is 0.0670 e. The molecular formula is C12H20N2. The second-order valence-corrected chi connectivity index (χ2v) is 2.34. The van der Waals surface area contributed by atoms with Gasteiger partial charge in [0.15, 0.2) is 0 Å². The van der Waals surface area contributed by atoms with Crippen molar-refractivity contribution in [1.29, 1.82) is 0 Å². The number of pyridine rings is 1. The fourth-order valence-corrected chi connectivity index (χ4v) is 1.13. The van der Waals surface area contributed by atoms with E-state index in [4.69, 9.17) is 0 Å². The standard InChI is InChI=1S/C8H8N2.2C2H6/c1-6-8-7(2-4-9-6)3-5-10-8;2*1-2/h2-5,10H,1H3;2*1-2H3. The van der Waals surface area contributed by atoms with E-state index in [1.54, 1.807) is 0 Å². The summed E-state index contributed by atoms with van der Waals surface area (Å²) >= 11 is 0. The van der Waals surface area contributed by atoms with E-state index in [0.29, 0.717) is 0 Å². The van der Waals surface area contributed by atoms with Crippen molar-refractivity contribution in [3.05, 3.63) is 30.2 Å². The molecule has 2 heterocycles. The minimum atomic E-state index is 1.06. The lowest BCUT2D eigenvalue weighted by atomic mass is 10.3. The van der Waals surface area contributed by atoms with Crippen molar-refractivity contribution < 1.29 is 0 Å². The van der Waals surface area contributed by atoms with Crippen LogP contribution in [0.1, 0.15) is 33.4 Å². The molecule has 78 valence electrons. The van der Waals surface area contributed by atoms with Crippen LogP contribution in [-0.4, -0.2) is 9.97 Å². The van der Waals surface area contributed by atoms with Crippen molar-refractivity contribution in [2.24, 2.45) is 0 Å². The largest absolute Gasteiger partial charge is 0.360 e. The number of hydrogen-bond donors (Lipinski definition) is 1. The first kappa shape index (κ1) is 12.7. The second-order valence-electron chi connectivity index (χ2n) is 2.34. The van der Waals surface area contributed by atoms with Gasteiger partial charge in [0.1, 0.15) is 0 Å². The summed E-state index contributed by atoms with van der Waals surface area (Å²) < 4.78 is 0. The number of aromatic nitrogens is 2. The predicted molar refractivity (Wildman–Crippen MR) is 63.5 cm³/mol. The molecule has 0 unspecified atom stereocenters. The number of hydrogen-bond acceptors (Lipinski definition) is 1. The van der Waals surface area contributed by atoms with E-state index < -0.39 is 0 Å². The monoisotopic (exact) mass is 192 g/mol. The average molecular weight is 192 g/mol. The number of H-pyrrole nitrogens is 1. The van der Waals surface area contributed by atoms with Gasteiger partial charge in [-0.1, -0.05) is 27.7 Å². The molecule has 0 amide bonds. The molecule has 0 radical (unpaired) electrons. The molecule has 0 fully saturated rings. The van der Waals surface area contributed by atoms with E-state index in [9.17, 15) is 0 Å². The number of aryl methyl sites for hydroxylation is 1. The van der Waals surface area contributed by atoms with Gasteiger partial charge in [-0.3, -0.25) is 4.98 Å². The fraction of sp³-hybridized carbons (Fsp3) is 0.417. The molecule has 0 aliphatic carbocycles. The zero-order valence-electron chi connectivity index (χ0n) is 9.76. The third-order valence-corrected chi connectivity index (χ3v) is 1.66. The van der Waals surface area contributed by atoms with Crippen molar-refractivity contribution in [3.63, 3.8) is 0 Å². The normalized spacial score (nSPS) is 8.36. The lowest BCUT2D eigenvalue weighted by Gasteiger charge is -1.91. The van der Waals surface area contributed by atoms with Gasteiger partial charge in [0.25, 0.3) is 0 Å². The lowest BCUT2D eigenvalue weighted by molar-refractivity contribution is 1.22. The maximum absolute atomic E-state index is 4.15. The molecule has 0 atom stereocenters. The molecule has 2 rings (SSSR count). The van der Waals surface area contributed by atoms with Gasteiger partial charge >= 0.3 is 0 Å². The zero-order chi connectivity index (χ0) is 11.0. The summed E-state index contributed by atoms with van der Waals surface area (Å²) in [6.45, 7) is 10.00. The first-order chi connectivity index (χ1) is 6.88. The lowest BCUT2D eigenvalue weighted by Crippen LogP contribution is -1.79. The van der Waals surface area contributed by atoms with Crippen LogP contribution in [0.5, 0.6) is 0 Å². The first-order valence-corrected chi connectivity index (χ1v) is 5.26. The Morgan fingerprint density at radius 3 is 2.29 bits per heavy atom. The Balaban J connectivity index is 0.000000379. The average Bonchev–Trinajstić information content (AvgIpc) is 2.73. The smallest absolute Gasteiger partial charge is 0.0670 e. The minimum absolute atomic E-state index is 1.06. The fourth-order valence-electron chi connectivity index (χ4n) is 1.13. The highest BCUT2D eigenvalue weighted by Crippen LogP contribution is 2.12. The Morgan fingerprint density at radius 1 is 1.07 bits per heavy atom. The number of rotatable bonds is 0. The predicted octanol–water partition coefficient (Wildman–Crippen LogP) is 3.92. The maximum atomic E-state index is 4.15. The summed E-state index contributed by atoms with van der Waals surface area (Å²) in [5, 5.41) is 1.23. The molecule has 0 bridgehead atoms. The van der Waals surface area contributed by atoms with Crippen molar-refractivity contribution in [1.82, 2.24) is 9.97 Å². The topological polar surface area (TPSA) is 28.7 Å². The van der Waals surface area contributed by atoms with Crippen molar-refractivity contribution >= 4 is 10.9 Å². The highest BCUT2D eigenvalue weighted by molar-refractivity contribution is 5.80. The van der Waals surface area contributed by atoms with E-state index in [1.807, 2.05) is 59.1 Å². The van der Waals surface area contributed by atoms with Crippen LogP contribution in [0.25, 0.3) is 10.9 Å². The second kappa shape index (κ2) is 7.13. The molecular weight excluding hydrogens is 172 g/mol. The van der Waals surface area contributed by atoms with Gasteiger partial charge in [-0.25, -0.2) is 0 Å². The van der Waals surface area contributed by atoms with E-state index in [-0.39, 0.29) is 0 Å². The Hall–Kier alpha value is -1.31. The number of nitrogens with one attached hydrogen (secondary N) is 1. The van der Waals surface area contributed by atoms with Crippen LogP contribution in [0.3, 0.4) is 0 Å². The Morgan fingerprint density at radius 2 is 1.71 bits per heavy atom. The van der Waals surface area contributed by atoms with Crippen LogP contribution in [0.15, 0.2) is 24.5 Å². The number of fused-ring (bicyclic) bond motifs is 1. The van der Waals surface area contributed by atoms with Crippen molar-refractivity contribution in [2.75, 3.05) is 0 Å². The summed E-state index contributed by atoms with van der Waals surface area (Å²) in [6.07, 6.45) is 3.75. The van der Waals surface area contributed by atoms with Gasteiger partial charge < -0.3 is 4.98 Å². The molecule has 0 saturated carbocycles. The van der Waals surface area contributed by atoms with Crippen LogP contribution in [-0.2, 0) is 0 Å². The Bertz CT molecular complexity index is 350. The van der Waals surface area contributed by atoms with Crippen LogP contribution in [0.2, 0.25) is 0 Å². The van der Waals surface area contributed by atoms with Gasteiger partial charge in [-0.2, -0.15) is 0 Å². The quantitative estimate of drug-likeness (QED) is 0.673. The molecule has 2 nitrogen and oxygen atoms in total. The summed E-state index contributed by atoms with van der Waals surface area (Å²) in [4.78, 5) is 7.27. The Kier molecular flexibility index (Phi) is 6.46. The SMILES string of the molecule is CC.CC.Cc1nccc2cc[nH]c12. The molecule has 0 spiro atoms. The third-order valence-electron chi connectivity index (χ3n) is 1.66. The molecule has 14 heavy (non-hydrogen) atoms. The van der Waals surface area contributed by atoms with Gasteiger partial charge in [-0.15, -0.1) is 0 Å². The van der Waals surface area contributed by atoms with Crippen LogP contribution in [0.4, 0.5) is 0 Å². The van der Waals surface area contributed by atoms with E-state index in [0.717, 1.165) is 11.2 Å². The molecule has 0 aromatic carbocycles. The van der Waals surface area contributed by atoms with E-state index >= 15 is 0 Å². The highest BCUT2D eigenvalue weighted by Gasteiger charge is 1.95. The highest BCUT2D eigenvalue weighted by atomic mass is 14.7. The van der Waals surface area contributed by atoms with Crippen LogP contribution in [0, 0.1) is 6.92 Å². The van der Waals surface area contributed by atoms with Crippen LogP contribution >= 0.6 is 0 Å². The van der Waals surface area contributed by atoms with Gasteiger partial charge in [0, 0.05) is 17.8 Å². The molecule has 1 N–H and O–H groups in total. The molecule has 2 aromatic heterocycles. The molecule has 2 aromatic rings. The first-order valence-electron chi connectivity index (χ1n) is 5.26. The Labute approximate surface area is 86.4 Å². The summed E-state index contributed by atoms with van der Waals surface area (Å²) in [5.74, 6) is 0. The number of nitrogens with zero attached hydrogens (tertiary/aromatic N) is 1. The van der Waals surface area contributed by atoms with Crippen LogP contribution < -0.4 is 0 Å². The third kappa shape index (κ3) is 2.87. The zero-order valence-corrected chi connectivity index (χ0v) is 9.76. The summed E-state index contributed by atoms with van der Waals surface area (Å²) in [5.41, 5.74) is 2.20. The van der Waals surface area contributed by atoms with Gasteiger partial charge in [0.05, 0.1) is 11.2 Å². The van der Waals surface area contributed by atoms with E-state index in [2.05, 4.69) is 9.97 Å². The summed E-state index contributed by atoms with van der Waals surface area (Å²) in [7, 11) is 0. The minimum Gasteiger partial charge on any atom is -0.360 e. The summed E-state index contributed by atoms with van der Waals surface area (Å²) in [6, 6.07) is 4.04. The van der Waals surface area contributed by atoms with Gasteiger partial charge in [-0.05, 0) is 19.1 Å². The van der Waals surface area contributed by atoms with Crippen molar-refractivity contribution in [3.8, 4) is 0 Å². The van der Waals surface area contributed by atoms with E-state index in [1.165, 1.54) is 5.39 Å². The van der Waals surface area contributed by atoms with Gasteiger partial charge in [0.2, 0.25) is 0 Å². The van der Waals surface area contributed by atoms with Crippen molar-refractivity contribution in [2.45, 2.75) is 34.6 Å². The molecule has 2 heteroatoms. The molecule has 0 aliphatic heterocycles. The molecule has 0 saturated heterocycles.